The normalized spacial score (nSPS) is 10.1. The van der Waals surface area contributed by atoms with E-state index in [0.29, 0.717) is 16.9 Å². The molecule has 2 rings (SSSR count). The second kappa shape index (κ2) is 5.40. The molecule has 2 aromatic carbocycles. The van der Waals surface area contributed by atoms with Gasteiger partial charge in [0, 0.05) is 11.1 Å². The maximum Gasteiger partial charge on any atom is 0.314 e. The van der Waals surface area contributed by atoms with Gasteiger partial charge in [0.05, 0.1) is 4.92 Å². The van der Waals surface area contributed by atoms with Crippen LogP contribution >= 0.6 is 0 Å². The Balaban J connectivity index is 2.33. The Kier molecular flexibility index (Phi) is 3.65. The molecule has 0 aromatic heterocycles. The van der Waals surface area contributed by atoms with Crippen molar-refractivity contribution in [2.45, 2.75) is 6.92 Å². The van der Waals surface area contributed by atoms with Gasteiger partial charge in [-0.25, -0.2) is 0 Å². The molecule has 102 valence electrons. The fourth-order valence-electron chi connectivity index (χ4n) is 1.78. The van der Waals surface area contributed by atoms with Gasteiger partial charge in [0.15, 0.2) is 0 Å². The molecule has 20 heavy (non-hydrogen) atoms. The zero-order valence-corrected chi connectivity index (χ0v) is 10.8. The highest BCUT2D eigenvalue weighted by molar-refractivity contribution is 5.94. The van der Waals surface area contributed by atoms with Crippen molar-refractivity contribution in [1.29, 1.82) is 5.41 Å². The van der Waals surface area contributed by atoms with Gasteiger partial charge < -0.3 is 10.5 Å². The minimum Gasteiger partial charge on any atom is -0.450 e. The van der Waals surface area contributed by atoms with Gasteiger partial charge in [-0.05, 0) is 37.3 Å². The number of nitro benzene ring substituents is 1. The molecule has 0 radical (unpaired) electrons. The summed E-state index contributed by atoms with van der Waals surface area (Å²) in [6, 6.07) is 11.4. The highest BCUT2D eigenvalue weighted by Gasteiger charge is 2.18. The van der Waals surface area contributed by atoms with E-state index >= 15 is 0 Å². The van der Waals surface area contributed by atoms with E-state index in [1.165, 1.54) is 0 Å². The van der Waals surface area contributed by atoms with Gasteiger partial charge >= 0.3 is 5.69 Å². The highest BCUT2D eigenvalue weighted by atomic mass is 16.6. The number of para-hydroxylation sites is 1. The van der Waals surface area contributed by atoms with Crippen molar-refractivity contribution in [2.24, 2.45) is 5.73 Å². The summed E-state index contributed by atoms with van der Waals surface area (Å²) in [4.78, 5) is 10.6. The first-order valence-electron chi connectivity index (χ1n) is 5.85. The van der Waals surface area contributed by atoms with Crippen molar-refractivity contribution in [3.63, 3.8) is 0 Å². The predicted molar refractivity (Wildman–Crippen MR) is 75.4 cm³/mol. The number of nitro groups is 1. The Morgan fingerprint density at radius 3 is 2.45 bits per heavy atom. The average molecular weight is 271 g/mol. The lowest BCUT2D eigenvalue weighted by atomic mass is 10.2. The second-order valence-corrected chi connectivity index (χ2v) is 4.22. The number of nitrogen functional groups attached to an aromatic ring is 1. The maximum atomic E-state index is 11.1. The molecule has 0 heterocycles. The minimum absolute atomic E-state index is 0.0434. The number of nitrogens with two attached hydrogens (primary N) is 1. The van der Waals surface area contributed by atoms with Gasteiger partial charge in [-0.2, -0.15) is 0 Å². The summed E-state index contributed by atoms with van der Waals surface area (Å²) in [7, 11) is 0. The van der Waals surface area contributed by atoms with Gasteiger partial charge in [-0.3, -0.25) is 15.5 Å². The first-order chi connectivity index (χ1) is 9.49. The van der Waals surface area contributed by atoms with E-state index in [1.807, 2.05) is 0 Å². The van der Waals surface area contributed by atoms with E-state index in [2.05, 4.69) is 0 Å². The number of amidine groups is 1. The van der Waals surface area contributed by atoms with Gasteiger partial charge in [0.2, 0.25) is 5.75 Å². The van der Waals surface area contributed by atoms with Crippen molar-refractivity contribution in [3.05, 3.63) is 63.7 Å². The standard InChI is InChI=1S/C14H13N3O3/c1-9-3-2-4-12(13(9)17(18)19)20-11-7-5-10(6-8-11)14(15)16/h2-8H,1H3,(H3,15,16). The van der Waals surface area contributed by atoms with Gasteiger partial charge in [0.1, 0.15) is 11.6 Å². The lowest BCUT2D eigenvalue weighted by Gasteiger charge is -2.08. The summed E-state index contributed by atoms with van der Waals surface area (Å²) in [5, 5.41) is 18.4. The Hall–Kier alpha value is -2.89. The third kappa shape index (κ3) is 2.74. The summed E-state index contributed by atoms with van der Waals surface area (Å²) in [6.45, 7) is 1.66. The first-order valence-corrected chi connectivity index (χ1v) is 5.85. The Bertz CT molecular complexity index is 666. The minimum atomic E-state index is -0.464. The number of rotatable bonds is 4. The summed E-state index contributed by atoms with van der Waals surface area (Å²) in [5.41, 5.74) is 6.40. The first kappa shape index (κ1) is 13.5. The molecule has 3 N–H and O–H groups in total. The average Bonchev–Trinajstić information content (AvgIpc) is 2.39. The molecule has 0 atom stereocenters. The number of benzene rings is 2. The molecule has 2 aromatic rings. The number of ether oxygens (including phenoxy) is 1. The fourth-order valence-corrected chi connectivity index (χ4v) is 1.78. The summed E-state index contributed by atoms with van der Waals surface area (Å²) in [5.74, 6) is 0.590. The molecule has 0 saturated carbocycles. The second-order valence-electron chi connectivity index (χ2n) is 4.22. The maximum absolute atomic E-state index is 11.1. The van der Waals surface area contributed by atoms with Gasteiger partial charge in [0.25, 0.3) is 0 Å². The molecule has 0 spiro atoms. The number of nitrogens with one attached hydrogen (secondary N) is 1. The van der Waals surface area contributed by atoms with Crippen LogP contribution < -0.4 is 10.5 Å². The molecule has 0 amide bonds. The molecule has 0 bridgehead atoms. The van der Waals surface area contributed by atoms with E-state index in [9.17, 15) is 10.1 Å². The molecular formula is C14H13N3O3. The molecule has 0 aliphatic carbocycles. The molecule has 6 nitrogen and oxygen atoms in total. The van der Waals surface area contributed by atoms with Crippen LogP contribution in [0.1, 0.15) is 11.1 Å². The van der Waals surface area contributed by atoms with Crippen molar-refractivity contribution in [3.8, 4) is 11.5 Å². The molecule has 0 fully saturated rings. The SMILES string of the molecule is Cc1cccc(Oc2ccc(C(=N)N)cc2)c1[N+](=O)[O-]. The Morgan fingerprint density at radius 2 is 1.90 bits per heavy atom. The van der Waals surface area contributed by atoms with Crippen LogP contribution in [0.15, 0.2) is 42.5 Å². The quantitative estimate of drug-likeness (QED) is 0.386. The van der Waals surface area contributed by atoms with Crippen LogP contribution in [-0.2, 0) is 0 Å². The molecule has 0 unspecified atom stereocenters. The van der Waals surface area contributed by atoms with Crippen LogP contribution in [0.3, 0.4) is 0 Å². The summed E-state index contributed by atoms with van der Waals surface area (Å²) < 4.78 is 5.53. The zero-order valence-electron chi connectivity index (χ0n) is 10.8. The summed E-state index contributed by atoms with van der Waals surface area (Å²) in [6.07, 6.45) is 0. The Labute approximate surface area is 115 Å². The van der Waals surface area contributed by atoms with Crippen molar-refractivity contribution in [2.75, 3.05) is 0 Å². The number of aryl methyl sites for hydroxylation is 1. The summed E-state index contributed by atoms with van der Waals surface area (Å²) >= 11 is 0. The van der Waals surface area contributed by atoms with Crippen LogP contribution in [-0.4, -0.2) is 10.8 Å². The molecule has 0 aliphatic rings. The van der Waals surface area contributed by atoms with Crippen molar-refractivity contribution >= 4 is 11.5 Å². The highest BCUT2D eigenvalue weighted by Crippen LogP contribution is 2.33. The molecular weight excluding hydrogens is 258 g/mol. The van der Waals surface area contributed by atoms with Gasteiger partial charge in [-0.15, -0.1) is 0 Å². The van der Waals surface area contributed by atoms with E-state index in [0.717, 1.165) is 0 Å². The smallest absolute Gasteiger partial charge is 0.314 e. The molecule has 0 saturated heterocycles. The van der Waals surface area contributed by atoms with Crippen LogP contribution in [0.25, 0.3) is 0 Å². The van der Waals surface area contributed by atoms with E-state index in [1.54, 1.807) is 49.4 Å². The van der Waals surface area contributed by atoms with Crippen LogP contribution in [0, 0.1) is 22.4 Å². The van der Waals surface area contributed by atoms with E-state index < -0.39 is 4.92 Å². The number of nitrogens with zero attached hydrogens (tertiary/aromatic N) is 1. The van der Waals surface area contributed by atoms with Crippen LogP contribution in [0.5, 0.6) is 11.5 Å². The monoisotopic (exact) mass is 271 g/mol. The van der Waals surface area contributed by atoms with Crippen molar-refractivity contribution in [1.82, 2.24) is 0 Å². The third-order valence-corrected chi connectivity index (χ3v) is 2.78. The number of hydrogen-bond donors (Lipinski definition) is 2. The Morgan fingerprint density at radius 1 is 1.25 bits per heavy atom. The largest absolute Gasteiger partial charge is 0.450 e. The van der Waals surface area contributed by atoms with Crippen molar-refractivity contribution < 1.29 is 9.66 Å². The van der Waals surface area contributed by atoms with Gasteiger partial charge in [-0.1, -0.05) is 12.1 Å². The lowest BCUT2D eigenvalue weighted by molar-refractivity contribution is -0.386. The lowest BCUT2D eigenvalue weighted by Crippen LogP contribution is -2.10. The molecule has 6 heteroatoms. The van der Waals surface area contributed by atoms with E-state index in [4.69, 9.17) is 15.9 Å². The van der Waals surface area contributed by atoms with E-state index in [-0.39, 0.29) is 17.3 Å². The number of hydrogen-bond acceptors (Lipinski definition) is 4. The predicted octanol–water partition coefficient (Wildman–Crippen LogP) is 2.98. The fraction of sp³-hybridized carbons (Fsp3) is 0.0714. The van der Waals surface area contributed by atoms with Crippen LogP contribution in [0.4, 0.5) is 5.69 Å². The van der Waals surface area contributed by atoms with Crippen LogP contribution in [0.2, 0.25) is 0 Å². The molecule has 0 aliphatic heterocycles. The third-order valence-electron chi connectivity index (χ3n) is 2.78. The topological polar surface area (TPSA) is 102 Å². The zero-order chi connectivity index (χ0) is 14.7.